The van der Waals surface area contributed by atoms with Crippen LogP contribution in [0.3, 0.4) is 0 Å². The first-order valence-corrected chi connectivity index (χ1v) is 10.4. The van der Waals surface area contributed by atoms with Crippen LogP contribution in [0.2, 0.25) is 0 Å². The van der Waals surface area contributed by atoms with E-state index in [-0.39, 0.29) is 31.2 Å². The van der Waals surface area contributed by atoms with Crippen molar-refractivity contribution in [3.63, 3.8) is 0 Å². The van der Waals surface area contributed by atoms with Crippen LogP contribution in [-0.4, -0.2) is 34.0 Å². The molecule has 8 nitrogen and oxygen atoms in total. The van der Waals surface area contributed by atoms with Gasteiger partial charge in [-0.2, -0.15) is 0 Å². The molecule has 0 atom stereocenters. The zero-order valence-corrected chi connectivity index (χ0v) is 16.3. The van der Waals surface area contributed by atoms with Gasteiger partial charge in [0.05, 0.1) is 11.9 Å². The molecule has 2 aromatic rings. The SMILES string of the molecule is C=Cc1cc(CNC(=O)COc2ccc3c(c2)OCO3)cc(F)c1NS(C)(=O)=O. The summed E-state index contributed by atoms with van der Waals surface area (Å²) in [6.45, 7) is 3.48. The summed E-state index contributed by atoms with van der Waals surface area (Å²) >= 11 is 0. The van der Waals surface area contributed by atoms with Crippen LogP contribution >= 0.6 is 0 Å². The minimum atomic E-state index is -3.65. The number of sulfonamides is 1. The molecule has 154 valence electrons. The first kappa shape index (κ1) is 20.5. The van der Waals surface area contributed by atoms with Gasteiger partial charge in [-0.3, -0.25) is 9.52 Å². The quantitative estimate of drug-likeness (QED) is 0.677. The largest absolute Gasteiger partial charge is 0.484 e. The van der Waals surface area contributed by atoms with Crippen LogP contribution in [0.15, 0.2) is 36.9 Å². The summed E-state index contributed by atoms with van der Waals surface area (Å²) in [5.74, 6) is 0.407. The molecule has 0 aliphatic carbocycles. The van der Waals surface area contributed by atoms with Crippen molar-refractivity contribution in [2.75, 3.05) is 24.4 Å². The van der Waals surface area contributed by atoms with E-state index in [1.54, 1.807) is 18.2 Å². The van der Waals surface area contributed by atoms with Gasteiger partial charge in [-0.05, 0) is 29.8 Å². The highest BCUT2D eigenvalue weighted by Crippen LogP contribution is 2.35. The number of halogens is 1. The minimum Gasteiger partial charge on any atom is -0.484 e. The third-order valence-electron chi connectivity index (χ3n) is 3.89. The molecule has 2 aromatic carbocycles. The standard InChI is InChI=1S/C19H19FN2O6S/c1-3-13-6-12(7-15(20)19(13)22-29(2,24)25)9-21-18(23)10-26-14-4-5-16-17(8-14)28-11-27-16/h3-8,22H,1,9-11H2,2H3,(H,21,23). The third-order valence-corrected chi connectivity index (χ3v) is 4.47. The Bertz CT molecular complexity index is 1050. The van der Waals surface area contributed by atoms with E-state index in [1.807, 2.05) is 0 Å². The molecular formula is C19H19FN2O6S. The van der Waals surface area contributed by atoms with Crippen molar-refractivity contribution in [1.82, 2.24) is 5.32 Å². The molecule has 0 fully saturated rings. The normalized spacial score (nSPS) is 12.3. The lowest BCUT2D eigenvalue weighted by Crippen LogP contribution is -2.28. The topological polar surface area (TPSA) is 103 Å². The monoisotopic (exact) mass is 422 g/mol. The zero-order valence-electron chi connectivity index (χ0n) is 15.5. The van der Waals surface area contributed by atoms with Crippen molar-refractivity contribution in [3.8, 4) is 17.2 Å². The average Bonchev–Trinajstić information content (AvgIpc) is 3.13. The van der Waals surface area contributed by atoms with Crippen molar-refractivity contribution in [1.29, 1.82) is 0 Å². The summed E-state index contributed by atoms with van der Waals surface area (Å²) in [6.07, 6.45) is 2.25. The Hall–Kier alpha value is -3.27. The Morgan fingerprint density at radius 2 is 2.03 bits per heavy atom. The highest BCUT2D eigenvalue weighted by Gasteiger charge is 2.15. The lowest BCUT2D eigenvalue weighted by Gasteiger charge is -2.13. The second kappa shape index (κ2) is 8.39. The molecule has 0 radical (unpaired) electrons. The number of carbonyl (C=O) groups excluding carboxylic acids is 1. The number of carbonyl (C=O) groups is 1. The van der Waals surface area contributed by atoms with Gasteiger partial charge in [-0.25, -0.2) is 12.8 Å². The van der Waals surface area contributed by atoms with Gasteiger partial charge in [-0.15, -0.1) is 0 Å². The Kier molecular flexibility index (Phi) is 5.92. The fourth-order valence-corrected chi connectivity index (χ4v) is 3.20. The van der Waals surface area contributed by atoms with E-state index in [1.165, 1.54) is 12.1 Å². The van der Waals surface area contributed by atoms with E-state index < -0.39 is 21.7 Å². The number of ether oxygens (including phenoxy) is 3. The molecule has 0 aromatic heterocycles. The molecule has 1 aliphatic rings. The van der Waals surface area contributed by atoms with Crippen LogP contribution in [0.25, 0.3) is 6.08 Å². The third kappa shape index (κ3) is 5.38. The Labute approximate surface area is 167 Å². The number of benzene rings is 2. The maximum absolute atomic E-state index is 14.3. The highest BCUT2D eigenvalue weighted by molar-refractivity contribution is 7.92. The van der Waals surface area contributed by atoms with Gasteiger partial charge in [0, 0.05) is 18.2 Å². The van der Waals surface area contributed by atoms with E-state index in [4.69, 9.17) is 14.2 Å². The predicted molar refractivity (Wildman–Crippen MR) is 105 cm³/mol. The van der Waals surface area contributed by atoms with Crippen molar-refractivity contribution in [2.24, 2.45) is 0 Å². The molecular weight excluding hydrogens is 403 g/mol. The van der Waals surface area contributed by atoms with Gasteiger partial charge in [0.25, 0.3) is 5.91 Å². The maximum Gasteiger partial charge on any atom is 0.258 e. The van der Waals surface area contributed by atoms with Gasteiger partial charge in [0.1, 0.15) is 11.6 Å². The van der Waals surface area contributed by atoms with Gasteiger partial charge in [0.2, 0.25) is 16.8 Å². The molecule has 0 bridgehead atoms. The summed E-state index contributed by atoms with van der Waals surface area (Å²) in [6, 6.07) is 7.62. The molecule has 1 heterocycles. The first-order chi connectivity index (χ1) is 13.7. The number of hydrogen-bond acceptors (Lipinski definition) is 6. The Morgan fingerprint density at radius 3 is 2.76 bits per heavy atom. The number of hydrogen-bond donors (Lipinski definition) is 2. The van der Waals surface area contributed by atoms with Crippen LogP contribution < -0.4 is 24.2 Å². The lowest BCUT2D eigenvalue weighted by molar-refractivity contribution is -0.123. The van der Waals surface area contributed by atoms with E-state index in [0.717, 1.165) is 12.3 Å². The second-order valence-corrected chi connectivity index (χ2v) is 7.95. The van der Waals surface area contributed by atoms with Crippen molar-refractivity contribution < 1.29 is 31.8 Å². The average molecular weight is 422 g/mol. The van der Waals surface area contributed by atoms with E-state index in [2.05, 4.69) is 16.6 Å². The lowest BCUT2D eigenvalue weighted by atomic mass is 10.1. The minimum absolute atomic E-state index is 0.0280. The molecule has 29 heavy (non-hydrogen) atoms. The van der Waals surface area contributed by atoms with Crippen molar-refractivity contribution >= 4 is 27.7 Å². The summed E-state index contributed by atoms with van der Waals surface area (Å²) in [5, 5.41) is 2.61. The number of amides is 1. The van der Waals surface area contributed by atoms with Crippen LogP contribution in [0.1, 0.15) is 11.1 Å². The molecule has 0 saturated heterocycles. The molecule has 0 saturated carbocycles. The first-order valence-electron chi connectivity index (χ1n) is 8.47. The summed E-state index contributed by atoms with van der Waals surface area (Å²) in [5.41, 5.74) is 0.507. The number of nitrogens with one attached hydrogen (secondary N) is 2. The van der Waals surface area contributed by atoms with E-state index >= 15 is 0 Å². The summed E-state index contributed by atoms with van der Waals surface area (Å²) in [7, 11) is -3.65. The molecule has 2 N–H and O–H groups in total. The smallest absolute Gasteiger partial charge is 0.258 e. The number of anilines is 1. The highest BCUT2D eigenvalue weighted by atomic mass is 32.2. The molecule has 0 unspecified atom stereocenters. The summed E-state index contributed by atoms with van der Waals surface area (Å²) in [4.78, 5) is 12.0. The predicted octanol–water partition coefficient (Wildman–Crippen LogP) is 2.26. The van der Waals surface area contributed by atoms with Crippen molar-refractivity contribution in [2.45, 2.75) is 6.54 Å². The molecule has 0 spiro atoms. The molecule has 1 aliphatic heterocycles. The number of fused-ring (bicyclic) bond motifs is 1. The van der Waals surface area contributed by atoms with Crippen LogP contribution in [0.4, 0.5) is 10.1 Å². The van der Waals surface area contributed by atoms with Gasteiger partial charge < -0.3 is 19.5 Å². The van der Waals surface area contributed by atoms with E-state index in [9.17, 15) is 17.6 Å². The molecule has 10 heteroatoms. The van der Waals surface area contributed by atoms with Crippen LogP contribution in [-0.2, 0) is 21.4 Å². The van der Waals surface area contributed by atoms with Gasteiger partial charge in [0.15, 0.2) is 18.1 Å². The Morgan fingerprint density at radius 1 is 1.28 bits per heavy atom. The summed E-state index contributed by atoms with van der Waals surface area (Å²) < 4.78 is 55.0. The Balaban J connectivity index is 1.58. The van der Waals surface area contributed by atoms with Crippen LogP contribution in [0.5, 0.6) is 17.2 Å². The molecule has 3 rings (SSSR count). The second-order valence-electron chi connectivity index (χ2n) is 6.20. The fraction of sp³-hybridized carbons (Fsp3) is 0.211. The van der Waals surface area contributed by atoms with Crippen molar-refractivity contribution in [3.05, 3.63) is 53.9 Å². The van der Waals surface area contributed by atoms with Gasteiger partial charge in [-0.1, -0.05) is 12.7 Å². The number of rotatable bonds is 8. The van der Waals surface area contributed by atoms with E-state index in [0.29, 0.717) is 22.8 Å². The maximum atomic E-state index is 14.3. The van der Waals surface area contributed by atoms with Crippen LogP contribution in [0, 0.1) is 5.82 Å². The zero-order chi connectivity index (χ0) is 21.0. The fourth-order valence-electron chi connectivity index (χ4n) is 2.61. The van der Waals surface area contributed by atoms with Gasteiger partial charge >= 0.3 is 0 Å². The molecule has 1 amide bonds.